The van der Waals surface area contributed by atoms with Crippen molar-refractivity contribution in [3.63, 3.8) is 0 Å². The third-order valence-corrected chi connectivity index (χ3v) is 4.69. The third kappa shape index (κ3) is 2.55. The second-order valence-corrected chi connectivity index (χ2v) is 6.17. The molecule has 2 fully saturated rings. The maximum Gasteiger partial charge on any atom is 0.0475 e. The van der Waals surface area contributed by atoms with E-state index in [1.54, 1.807) is 0 Å². The van der Waals surface area contributed by atoms with Crippen LogP contribution in [0.1, 0.15) is 22.7 Å². The summed E-state index contributed by atoms with van der Waals surface area (Å²) in [5, 5.41) is 3.51. The molecule has 0 bridgehead atoms. The number of fused-ring (bicyclic) bond motifs is 1. The highest BCUT2D eigenvalue weighted by atomic mass is 15.3. The fraction of sp³-hybridized carbons (Fsp3) is 0.625. The lowest BCUT2D eigenvalue weighted by Crippen LogP contribution is -2.61. The molecule has 0 aromatic heterocycles. The lowest BCUT2D eigenvalue weighted by molar-refractivity contribution is 0.0298. The van der Waals surface area contributed by atoms with Gasteiger partial charge in [0, 0.05) is 44.8 Å². The minimum Gasteiger partial charge on any atom is -0.314 e. The van der Waals surface area contributed by atoms with E-state index in [1.165, 1.54) is 36.3 Å². The molecule has 2 atom stereocenters. The van der Waals surface area contributed by atoms with Gasteiger partial charge in [-0.2, -0.15) is 0 Å². The number of hydrogen-bond donors (Lipinski definition) is 1. The van der Waals surface area contributed by atoms with Crippen LogP contribution in [0.3, 0.4) is 0 Å². The summed E-state index contributed by atoms with van der Waals surface area (Å²) < 4.78 is 0. The Kier molecular flexibility index (Phi) is 3.61. The number of nitrogens with one attached hydrogen (secondary N) is 1. The van der Waals surface area contributed by atoms with Gasteiger partial charge >= 0.3 is 0 Å². The van der Waals surface area contributed by atoms with Crippen molar-refractivity contribution in [1.29, 1.82) is 0 Å². The molecule has 1 aromatic rings. The summed E-state index contributed by atoms with van der Waals surface area (Å²) in [4.78, 5) is 5.20. The Labute approximate surface area is 116 Å². The Balaban J connectivity index is 1.83. The SMILES string of the molecule is Cc1ccc(C2CN3CCNCC3CN2C)c(C)c1. The van der Waals surface area contributed by atoms with Crippen LogP contribution in [-0.4, -0.2) is 55.6 Å². The highest BCUT2D eigenvalue weighted by molar-refractivity contribution is 5.33. The van der Waals surface area contributed by atoms with E-state index in [4.69, 9.17) is 0 Å². The molecule has 2 unspecified atom stereocenters. The van der Waals surface area contributed by atoms with Gasteiger partial charge in [-0.1, -0.05) is 23.8 Å². The van der Waals surface area contributed by atoms with Gasteiger partial charge in [0.25, 0.3) is 0 Å². The minimum atomic E-state index is 0.551. The molecule has 0 spiro atoms. The Bertz CT molecular complexity index is 457. The summed E-state index contributed by atoms with van der Waals surface area (Å²) in [6.45, 7) is 10.2. The number of rotatable bonds is 1. The Hall–Kier alpha value is -0.900. The molecule has 2 saturated heterocycles. The molecular formula is C16H25N3. The van der Waals surface area contributed by atoms with E-state index in [2.05, 4.69) is 54.2 Å². The van der Waals surface area contributed by atoms with Crippen molar-refractivity contribution in [2.75, 3.05) is 39.8 Å². The first-order valence-electron chi connectivity index (χ1n) is 7.37. The Morgan fingerprint density at radius 2 is 2.05 bits per heavy atom. The van der Waals surface area contributed by atoms with Crippen molar-refractivity contribution in [2.24, 2.45) is 0 Å². The Morgan fingerprint density at radius 1 is 1.21 bits per heavy atom. The van der Waals surface area contributed by atoms with E-state index in [0.717, 1.165) is 13.1 Å². The van der Waals surface area contributed by atoms with Gasteiger partial charge in [-0.25, -0.2) is 0 Å². The first kappa shape index (κ1) is 13.1. The Morgan fingerprint density at radius 3 is 2.84 bits per heavy atom. The standard InChI is InChI=1S/C16H25N3/c1-12-4-5-15(13(2)8-12)16-11-19-7-6-17-9-14(19)10-18(16)3/h4-5,8,14,16-17H,6-7,9-11H2,1-3H3. The van der Waals surface area contributed by atoms with Crippen molar-refractivity contribution >= 4 is 0 Å². The summed E-state index contributed by atoms with van der Waals surface area (Å²) in [5.41, 5.74) is 4.30. The summed E-state index contributed by atoms with van der Waals surface area (Å²) in [6, 6.07) is 8.14. The number of piperazine rings is 2. The summed E-state index contributed by atoms with van der Waals surface area (Å²) >= 11 is 0. The number of benzene rings is 1. The topological polar surface area (TPSA) is 18.5 Å². The van der Waals surface area contributed by atoms with E-state index in [-0.39, 0.29) is 0 Å². The smallest absolute Gasteiger partial charge is 0.0475 e. The van der Waals surface area contributed by atoms with Gasteiger partial charge in [-0.15, -0.1) is 0 Å². The average Bonchev–Trinajstić information content (AvgIpc) is 2.38. The van der Waals surface area contributed by atoms with Crippen molar-refractivity contribution in [3.05, 3.63) is 34.9 Å². The molecule has 0 amide bonds. The van der Waals surface area contributed by atoms with Crippen molar-refractivity contribution in [1.82, 2.24) is 15.1 Å². The molecule has 3 nitrogen and oxygen atoms in total. The summed E-state index contributed by atoms with van der Waals surface area (Å²) in [7, 11) is 2.27. The van der Waals surface area contributed by atoms with Crippen LogP contribution < -0.4 is 5.32 Å². The molecule has 1 aromatic carbocycles. The zero-order chi connectivity index (χ0) is 13.4. The normalized spacial score (nSPS) is 29.2. The fourth-order valence-electron chi connectivity index (χ4n) is 3.58. The molecule has 3 rings (SSSR count). The molecule has 104 valence electrons. The maximum absolute atomic E-state index is 3.51. The highest BCUT2D eigenvalue weighted by Crippen LogP contribution is 2.29. The average molecular weight is 259 g/mol. The zero-order valence-corrected chi connectivity index (χ0v) is 12.3. The largest absolute Gasteiger partial charge is 0.314 e. The summed E-state index contributed by atoms with van der Waals surface area (Å²) in [6.07, 6.45) is 0. The van der Waals surface area contributed by atoms with Crippen LogP contribution in [0.4, 0.5) is 0 Å². The highest BCUT2D eigenvalue weighted by Gasteiger charge is 2.34. The third-order valence-electron chi connectivity index (χ3n) is 4.69. The van der Waals surface area contributed by atoms with Crippen LogP contribution in [0.5, 0.6) is 0 Å². The lowest BCUT2D eigenvalue weighted by atomic mass is 9.94. The van der Waals surface area contributed by atoms with Crippen LogP contribution in [-0.2, 0) is 0 Å². The van der Waals surface area contributed by atoms with Gasteiger partial charge in [0.15, 0.2) is 0 Å². The molecule has 2 aliphatic rings. The van der Waals surface area contributed by atoms with E-state index < -0.39 is 0 Å². The second-order valence-electron chi connectivity index (χ2n) is 6.17. The van der Waals surface area contributed by atoms with E-state index in [0.29, 0.717) is 12.1 Å². The molecule has 0 aliphatic carbocycles. The first-order valence-corrected chi connectivity index (χ1v) is 7.37. The van der Waals surface area contributed by atoms with Crippen LogP contribution in [0.25, 0.3) is 0 Å². The first-order chi connectivity index (χ1) is 9.15. The van der Waals surface area contributed by atoms with Crippen molar-refractivity contribution in [2.45, 2.75) is 25.9 Å². The zero-order valence-electron chi connectivity index (χ0n) is 12.3. The second kappa shape index (κ2) is 5.23. The van der Waals surface area contributed by atoms with E-state index >= 15 is 0 Å². The van der Waals surface area contributed by atoms with Crippen LogP contribution in [0, 0.1) is 13.8 Å². The monoisotopic (exact) mass is 259 g/mol. The molecule has 1 N–H and O–H groups in total. The van der Waals surface area contributed by atoms with E-state index in [1.807, 2.05) is 0 Å². The van der Waals surface area contributed by atoms with Gasteiger partial charge in [-0.3, -0.25) is 9.80 Å². The minimum absolute atomic E-state index is 0.551. The van der Waals surface area contributed by atoms with Crippen molar-refractivity contribution < 1.29 is 0 Å². The van der Waals surface area contributed by atoms with Gasteiger partial charge in [0.2, 0.25) is 0 Å². The van der Waals surface area contributed by atoms with Gasteiger partial charge in [0.05, 0.1) is 0 Å². The lowest BCUT2D eigenvalue weighted by Gasteiger charge is -2.47. The molecule has 0 radical (unpaired) electrons. The number of hydrogen-bond acceptors (Lipinski definition) is 3. The predicted octanol–water partition coefficient (Wildman–Crippen LogP) is 1.56. The molecule has 3 heteroatoms. The fourth-order valence-corrected chi connectivity index (χ4v) is 3.58. The number of aryl methyl sites for hydroxylation is 2. The predicted molar refractivity (Wildman–Crippen MR) is 79.5 cm³/mol. The molecule has 0 saturated carbocycles. The molecule has 2 heterocycles. The van der Waals surface area contributed by atoms with Crippen molar-refractivity contribution in [3.8, 4) is 0 Å². The molecule has 2 aliphatic heterocycles. The van der Waals surface area contributed by atoms with Crippen LogP contribution in [0.15, 0.2) is 18.2 Å². The van der Waals surface area contributed by atoms with E-state index in [9.17, 15) is 0 Å². The van der Waals surface area contributed by atoms with Crippen LogP contribution >= 0.6 is 0 Å². The van der Waals surface area contributed by atoms with Gasteiger partial charge in [0.1, 0.15) is 0 Å². The van der Waals surface area contributed by atoms with Crippen LogP contribution in [0.2, 0.25) is 0 Å². The molecule has 19 heavy (non-hydrogen) atoms. The number of likely N-dealkylation sites (N-methyl/N-ethyl adjacent to an activating group) is 1. The molecular weight excluding hydrogens is 234 g/mol. The van der Waals surface area contributed by atoms with Gasteiger partial charge in [-0.05, 0) is 32.0 Å². The number of nitrogens with zero attached hydrogens (tertiary/aromatic N) is 2. The quantitative estimate of drug-likeness (QED) is 0.826. The summed E-state index contributed by atoms with van der Waals surface area (Å²) in [5.74, 6) is 0. The maximum atomic E-state index is 3.51. The van der Waals surface area contributed by atoms with Gasteiger partial charge < -0.3 is 5.32 Å².